The van der Waals surface area contributed by atoms with E-state index < -0.39 is 17.9 Å². The van der Waals surface area contributed by atoms with Gasteiger partial charge in [-0.15, -0.1) is 0 Å². The highest BCUT2D eigenvalue weighted by Gasteiger charge is 2.42. The topological polar surface area (TPSA) is 74.2 Å². The van der Waals surface area contributed by atoms with Gasteiger partial charge in [-0.25, -0.2) is 4.99 Å². The molecular formula is C19H26N4O3. The first kappa shape index (κ1) is 18.4. The molecule has 2 atom stereocenters. The number of hydrogen-bond acceptors (Lipinski definition) is 6. The van der Waals surface area contributed by atoms with Crippen LogP contribution >= 0.6 is 0 Å². The molecule has 7 nitrogen and oxygen atoms in total. The van der Waals surface area contributed by atoms with Crippen molar-refractivity contribution in [2.45, 2.75) is 19.9 Å². The van der Waals surface area contributed by atoms with Gasteiger partial charge >= 0.3 is 5.97 Å². The fourth-order valence-electron chi connectivity index (χ4n) is 3.25. The molecule has 0 spiro atoms. The zero-order chi connectivity index (χ0) is 18.7. The largest absolute Gasteiger partial charge is 0.465 e. The molecule has 0 radical (unpaired) electrons. The van der Waals surface area contributed by atoms with Crippen LogP contribution in [-0.4, -0.2) is 67.5 Å². The van der Waals surface area contributed by atoms with Crippen LogP contribution in [0.4, 0.5) is 0 Å². The van der Waals surface area contributed by atoms with Crippen molar-refractivity contribution in [1.82, 2.24) is 15.1 Å². The Morgan fingerprint density at radius 3 is 2.50 bits per heavy atom. The van der Waals surface area contributed by atoms with Crippen molar-refractivity contribution in [1.29, 1.82) is 0 Å². The molecule has 1 amide bonds. The van der Waals surface area contributed by atoms with Crippen LogP contribution in [0.1, 0.15) is 24.1 Å². The summed E-state index contributed by atoms with van der Waals surface area (Å²) >= 11 is 0. The number of esters is 1. The van der Waals surface area contributed by atoms with E-state index in [2.05, 4.69) is 22.2 Å². The van der Waals surface area contributed by atoms with Crippen molar-refractivity contribution in [2.24, 2.45) is 10.9 Å². The molecule has 1 aromatic carbocycles. The Labute approximate surface area is 154 Å². The zero-order valence-corrected chi connectivity index (χ0v) is 15.6. The SMILES string of the molecule is CCOC(=O)[C@H]1C(=O)NC(N2CCN(C)CC2)=N[C@H]1c1ccc(C)cc1. The van der Waals surface area contributed by atoms with Crippen LogP contribution in [0.25, 0.3) is 0 Å². The summed E-state index contributed by atoms with van der Waals surface area (Å²) < 4.78 is 5.13. The first-order valence-electron chi connectivity index (χ1n) is 9.05. The lowest BCUT2D eigenvalue weighted by molar-refractivity contribution is -0.153. The Kier molecular flexibility index (Phi) is 5.56. The number of likely N-dealkylation sites (N-methyl/N-ethyl adjacent to an activating group) is 1. The molecule has 7 heteroatoms. The third-order valence-electron chi connectivity index (χ3n) is 4.86. The first-order chi connectivity index (χ1) is 12.5. The van der Waals surface area contributed by atoms with Crippen LogP contribution in [0, 0.1) is 12.8 Å². The highest BCUT2D eigenvalue weighted by Crippen LogP contribution is 2.31. The quantitative estimate of drug-likeness (QED) is 0.643. The van der Waals surface area contributed by atoms with Gasteiger partial charge in [0.2, 0.25) is 11.9 Å². The van der Waals surface area contributed by atoms with Gasteiger partial charge < -0.3 is 14.5 Å². The van der Waals surface area contributed by atoms with Crippen LogP contribution in [0.3, 0.4) is 0 Å². The maximum absolute atomic E-state index is 12.7. The molecule has 1 saturated heterocycles. The van der Waals surface area contributed by atoms with Crippen molar-refractivity contribution < 1.29 is 14.3 Å². The second-order valence-electron chi connectivity index (χ2n) is 6.82. The number of nitrogens with zero attached hydrogens (tertiary/aromatic N) is 3. The molecule has 0 aliphatic carbocycles. The molecule has 0 aromatic heterocycles. The molecule has 26 heavy (non-hydrogen) atoms. The molecule has 2 aliphatic rings. The van der Waals surface area contributed by atoms with Gasteiger partial charge in [0.05, 0.1) is 6.61 Å². The maximum atomic E-state index is 12.7. The van der Waals surface area contributed by atoms with Gasteiger partial charge in [0.1, 0.15) is 6.04 Å². The number of carbonyl (C=O) groups is 2. The lowest BCUT2D eigenvalue weighted by atomic mass is 9.91. The normalized spacial score (nSPS) is 24.0. The number of ether oxygens (including phenoxy) is 1. The number of benzene rings is 1. The molecule has 0 unspecified atom stereocenters. The number of aryl methyl sites for hydroxylation is 1. The minimum Gasteiger partial charge on any atom is -0.465 e. The molecular weight excluding hydrogens is 332 g/mol. The van der Waals surface area contributed by atoms with Crippen molar-refractivity contribution in [3.8, 4) is 0 Å². The molecule has 140 valence electrons. The monoisotopic (exact) mass is 358 g/mol. The number of guanidine groups is 1. The molecule has 0 bridgehead atoms. The fraction of sp³-hybridized carbons (Fsp3) is 0.526. The summed E-state index contributed by atoms with van der Waals surface area (Å²) in [4.78, 5) is 34.2. The van der Waals surface area contributed by atoms with Crippen molar-refractivity contribution >= 4 is 17.8 Å². The van der Waals surface area contributed by atoms with Crippen LogP contribution in [0.15, 0.2) is 29.3 Å². The Balaban J connectivity index is 1.93. The lowest BCUT2D eigenvalue weighted by Gasteiger charge is -2.37. The minimum atomic E-state index is -0.964. The standard InChI is InChI=1S/C19H26N4O3/c1-4-26-18(25)15-16(14-7-5-13(2)6-8-14)20-19(21-17(15)24)23-11-9-22(3)10-12-23/h5-8,15-16H,4,9-12H2,1-3H3,(H,20,21,24)/t15-,16+/m1/s1. The fourth-order valence-corrected chi connectivity index (χ4v) is 3.25. The molecule has 0 saturated carbocycles. The van der Waals surface area contributed by atoms with Crippen LogP contribution in [0.2, 0.25) is 0 Å². The average molecular weight is 358 g/mol. The van der Waals surface area contributed by atoms with Crippen LogP contribution in [-0.2, 0) is 14.3 Å². The molecule has 1 fully saturated rings. The molecule has 2 aliphatic heterocycles. The number of nitrogens with one attached hydrogen (secondary N) is 1. The predicted molar refractivity (Wildman–Crippen MR) is 98.7 cm³/mol. The van der Waals surface area contributed by atoms with E-state index in [0.717, 1.165) is 37.3 Å². The van der Waals surface area contributed by atoms with Crippen molar-refractivity contribution in [2.75, 3.05) is 39.8 Å². The minimum absolute atomic E-state index is 0.234. The maximum Gasteiger partial charge on any atom is 0.321 e. The number of piperazine rings is 1. The van der Waals surface area contributed by atoms with Crippen molar-refractivity contribution in [3.05, 3.63) is 35.4 Å². The Morgan fingerprint density at radius 2 is 1.88 bits per heavy atom. The predicted octanol–water partition coefficient (Wildman–Crippen LogP) is 0.949. The van der Waals surface area contributed by atoms with E-state index in [9.17, 15) is 9.59 Å². The van der Waals surface area contributed by atoms with E-state index in [1.165, 1.54) is 0 Å². The summed E-state index contributed by atoms with van der Waals surface area (Å²) in [6.07, 6.45) is 0. The van der Waals surface area contributed by atoms with Gasteiger partial charge in [0, 0.05) is 26.2 Å². The van der Waals surface area contributed by atoms with E-state index in [0.29, 0.717) is 5.96 Å². The Hall–Kier alpha value is -2.41. The van der Waals surface area contributed by atoms with E-state index in [4.69, 9.17) is 9.73 Å². The summed E-state index contributed by atoms with van der Waals surface area (Å²) in [5.41, 5.74) is 1.96. The number of hydrogen-bond donors (Lipinski definition) is 1. The highest BCUT2D eigenvalue weighted by molar-refractivity contribution is 6.08. The van der Waals surface area contributed by atoms with Gasteiger partial charge in [0.25, 0.3) is 0 Å². The van der Waals surface area contributed by atoms with E-state index in [1.54, 1.807) is 6.92 Å². The molecule has 1 aromatic rings. The lowest BCUT2D eigenvalue weighted by Crippen LogP contribution is -2.56. The van der Waals surface area contributed by atoms with Gasteiger partial charge in [-0.2, -0.15) is 0 Å². The first-order valence-corrected chi connectivity index (χ1v) is 9.05. The smallest absolute Gasteiger partial charge is 0.321 e. The molecule has 2 heterocycles. The van der Waals surface area contributed by atoms with Crippen LogP contribution < -0.4 is 5.32 Å². The highest BCUT2D eigenvalue weighted by atomic mass is 16.5. The van der Waals surface area contributed by atoms with Gasteiger partial charge in [-0.1, -0.05) is 29.8 Å². The number of carbonyl (C=O) groups excluding carboxylic acids is 2. The van der Waals surface area contributed by atoms with Crippen molar-refractivity contribution in [3.63, 3.8) is 0 Å². The molecule has 1 N–H and O–H groups in total. The zero-order valence-electron chi connectivity index (χ0n) is 15.6. The van der Waals surface area contributed by atoms with E-state index >= 15 is 0 Å². The Morgan fingerprint density at radius 1 is 1.23 bits per heavy atom. The van der Waals surface area contributed by atoms with Gasteiger partial charge in [0.15, 0.2) is 5.92 Å². The number of rotatable bonds is 3. The van der Waals surface area contributed by atoms with E-state index in [1.807, 2.05) is 31.2 Å². The van der Waals surface area contributed by atoms with Crippen LogP contribution in [0.5, 0.6) is 0 Å². The third kappa shape index (κ3) is 3.88. The summed E-state index contributed by atoms with van der Waals surface area (Å²) in [6.45, 7) is 7.37. The van der Waals surface area contributed by atoms with Gasteiger partial charge in [-0.05, 0) is 26.5 Å². The molecule has 3 rings (SSSR count). The summed E-state index contributed by atoms with van der Waals surface area (Å²) in [5.74, 6) is -1.29. The van der Waals surface area contributed by atoms with E-state index in [-0.39, 0.29) is 12.5 Å². The second-order valence-corrected chi connectivity index (χ2v) is 6.82. The summed E-state index contributed by atoms with van der Waals surface area (Å²) in [7, 11) is 2.07. The van der Waals surface area contributed by atoms with Gasteiger partial charge in [-0.3, -0.25) is 14.9 Å². The average Bonchev–Trinajstić information content (AvgIpc) is 2.62. The summed E-state index contributed by atoms with van der Waals surface area (Å²) in [6, 6.07) is 7.22. The third-order valence-corrected chi connectivity index (χ3v) is 4.86. The number of aliphatic imine (C=N–C) groups is 1. The summed E-state index contributed by atoms with van der Waals surface area (Å²) in [5, 5.41) is 2.82. The second kappa shape index (κ2) is 7.86. The number of amides is 1. The Bertz CT molecular complexity index is 693.